The molecule has 1 aromatic rings. The van der Waals surface area contributed by atoms with Crippen LogP contribution in [-0.4, -0.2) is 41.4 Å². The lowest BCUT2D eigenvalue weighted by atomic mass is 10.1. The van der Waals surface area contributed by atoms with Crippen LogP contribution in [0.15, 0.2) is 12.4 Å². The molecule has 0 aliphatic rings. The predicted octanol–water partition coefficient (Wildman–Crippen LogP) is 0.625. The van der Waals surface area contributed by atoms with E-state index >= 15 is 0 Å². The van der Waals surface area contributed by atoms with Gasteiger partial charge in [0.05, 0.1) is 19.5 Å². The Morgan fingerprint density at radius 2 is 2.17 bits per heavy atom. The quantitative estimate of drug-likeness (QED) is 0.691. The number of urea groups is 1. The molecule has 0 fully saturated rings. The van der Waals surface area contributed by atoms with Crippen LogP contribution in [0.3, 0.4) is 0 Å². The number of hydrogen-bond donors (Lipinski definition) is 3. The third-order valence-electron chi connectivity index (χ3n) is 2.32. The number of ether oxygens (including phenoxy) is 1. The molecule has 0 saturated carbocycles. The van der Waals surface area contributed by atoms with Crippen LogP contribution in [-0.2, 0) is 0 Å². The number of carbonyl (C=O) groups excluding carboxylic acids is 1. The molecule has 18 heavy (non-hydrogen) atoms. The number of anilines is 1. The summed E-state index contributed by atoms with van der Waals surface area (Å²) in [4.78, 5) is 19.3. The van der Waals surface area contributed by atoms with Crippen molar-refractivity contribution in [1.29, 1.82) is 0 Å². The first-order chi connectivity index (χ1) is 8.65. The molecule has 0 unspecified atom stereocenters. The SMILES string of the molecule is COc1cnc(NC(=O)NC[C@@H](C)CCO)nc1. The van der Waals surface area contributed by atoms with Gasteiger partial charge in [0.15, 0.2) is 5.75 Å². The molecule has 2 amide bonds. The van der Waals surface area contributed by atoms with Crippen LogP contribution in [0.1, 0.15) is 13.3 Å². The fourth-order valence-electron chi connectivity index (χ4n) is 1.22. The molecule has 0 aliphatic heterocycles. The summed E-state index contributed by atoms with van der Waals surface area (Å²) in [6.45, 7) is 2.55. The van der Waals surface area contributed by atoms with E-state index in [1.807, 2.05) is 6.92 Å². The second-order valence-corrected chi connectivity index (χ2v) is 3.90. The van der Waals surface area contributed by atoms with Crippen molar-refractivity contribution in [2.24, 2.45) is 5.92 Å². The fourth-order valence-corrected chi connectivity index (χ4v) is 1.22. The molecule has 0 saturated heterocycles. The average molecular weight is 254 g/mol. The van der Waals surface area contributed by atoms with Crippen molar-refractivity contribution in [2.75, 3.05) is 25.6 Å². The predicted molar refractivity (Wildman–Crippen MR) is 66.5 cm³/mol. The van der Waals surface area contributed by atoms with E-state index in [9.17, 15) is 4.79 Å². The van der Waals surface area contributed by atoms with Gasteiger partial charge in [-0.1, -0.05) is 6.92 Å². The smallest absolute Gasteiger partial charge is 0.321 e. The standard InChI is InChI=1S/C11H18N4O3/c1-8(3-4-16)5-14-11(17)15-10-12-6-9(18-2)7-13-10/h6-8,16H,3-5H2,1-2H3,(H2,12,13,14,15,17)/t8-/m0/s1. The van der Waals surface area contributed by atoms with Crippen LogP contribution in [0.25, 0.3) is 0 Å². The van der Waals surface area contributed by atoms with Crippen molar-refractivity contribution in [3.05, 3.63) is 12.4 Å². The van der Waals surface area contributed by atoms with Crippen molar-refractivity contribution in [2.45, 2.75) is 13.3 Å². The number of aliphatic hydroxyl groups excluding tert-OH is 1. The lowest BCUT2D eigenvalue weighted by Crippen LogP contribution is -2.33. The second kappa shape index (κ2) is 7.44. The minimum atomic E-state index is -0.370. The van der Waals surface area contributed by atoms with Crippen molar-refractivity contribution in [1.82, 2.24) is 15.3 Å². The Morgan fingerprint density at radius 1 is 1.50 bits per heavy atom. The molecule has 0 radical (unpaired) electrons. The molecule has 0 aliphatic carbocycles. The van der Waals surface area contributed by atoms with Gasteiger partial charge in [-0.05, 0) is 12.3 Å². The Balaban J connectivity index is 2.35. The van der Waals surface area contributed by atoms with E-state index in [1.54, 1.807) is 0 Å². The van der Waals surface area contributed by atoms with E-state index < -0.39 is 0 Å². The molecular formula is C11H18N4O3. The maximum atomic E-state index is 11.5. The highest BCUT2D eigenvalue weighted by Gasteiger charge is 2.06. The first-order valence-corrected chi connectivity index (χ1v) is 5.67. The highest BCUT2D eigenvalue weighted by Crippen LogP contribution is 2.06. The zero-order valence-corrected chi connectivity index (χ0v) is 10.5. The van der Waals surface area contributed by atoms with Crippen LogP contribution in [0.5, 0.6) is 5.75 Å². The topological polar surface area (TPSA) is 96.4 Å². The van der Waals surface area contributed by atoms with Gasteiger partial charge in [0.2, 0.25) is 5.95 Å². The zero-order chi connectivity index (χ0) is 13.4. The van der Waals surface area contributed by atoms with E-state index in [4.69, 9.17) is 9.84 Å². The summed E-state index contributed by atoms with van der Waals surface area (Å²) >= 11 is 0. The zero-order valence-electron chi connectivity index (χ0n) is 10.5. The fraction of sp³-hybridized carbons (Fsp3) is 0.545. The number of amides is 2. The van der Waals surface area contributed by atoms with E-state index in [0.29, 0.717) is 18.7 Å². The molecule has 7 nitrogen and oxygen atoms in total. The summed E-state index contributed by atoms with van der Waals surface area (Å²) < 4.78 is 4.90. The third-order valence-corrected chi connectivity index (χ3v) is 2.32. The summed E-state index contributed by atoms with van der Waals surface area (Å²) in [5.41, 5.74) is 0. The van der Waals surface area contributed by atoms with Gasteiger partial charge in [-0.15, -0.1) is 0 Å². The van der Waals surface area contributed by atoms with Crippen LogP contribution >= 0.6 is 0 Å². The lowest BCUT2D eigenvalue weighted by Gasteiger charge is -2.11. The largest absolute Gasteiger partial charge is 0.494 e. The minimum Gasteiger partial charge on any atom is -0.494 e. The Hall–Kier alpha value is -1.89. The number of nitrogens with one attached hydrogen (secondary N) is 2. The molecule has 3 N–H and O–H groups in total. The lowest BCUT2D eigenvalue weighted by molar-refractivity contribution is 0.243. The summed E-state index contributed by atoms with van der Waals surface area (Å²) in [6.07, 6.45) is 3.59. The van der Waals surface area contributed by atoms with Crippen molar-refractivity contribution in [3.63, 3.8) is 0 Å². The van der Waals surface area contributed by atoms with E-state index in [0.717, 1.165) is 0 Å². The molecule has 1 aromatic heterocycles. The number of carbonyl (C=O) groups is 1. The first-order valence-electron chi connectivity index (χ1n) is 5.67. The van der Waals surface area contributed by atoms with Gasteiger partial charge in [0.25, 0.3) is 0 Å². The number of nitrogens with zero attached hydrogens (tertiary/aromatic N) is 2. The van der Waals surface area contributed by atoms with Crippen LogP contribution in [0.4, 0.5) is 10.7 Å². The number of aromatic nitrogens is 2. The average Bonchev–Trinajstić information content (AvgIpc) is 2.38. The second-order valence-electron chi connectivity index (χ2n) is 3.90. The van der Waals surface area contributed by atoms with Crippen molar-refractivity contribution >= 4 is 12.0 Å². The highest BCUT2D eigenvalue weighted by atomic mass is 16.5. The number of methoxy groups -OCH3 is 1. The third kappa shape index (κ3) is 4.96. The summed E-state index contributed by atoms with van der Waals surface area (Å²) in [6, 6.07) is -0.370. The van der Waals surface area contributed by atoms with Crippen molar-refractivity contribution in [3.8, 4) is 5.75 Å². The molecule has 0 spiro atoms. The molecule has 1 atom stereocenters. The first kappa shape index (κ1) is 14.2. The molecule has 0 aromatic carbocycles. The van der Waals surface area contributed by atoms with Crippen molar-refractivity contribution < 1.29 is 14.6 Å². The Bertz CT molecular complexity index is 369. The number of rotatable bonds is 6. The maximum absolute atomic E-state index is 11.5. The van der Waals surface area contributed by atoms with Gasteiger partial charge in [-0.25, -0.2) is 14.8 Å². The Labute approximate surface area is 106 Å². The van der Waals surface area contributed by atoms with Gasteiger partial charge in [0.1, 0.15) is 0 Å². The molecule has 0 bridgehead atoms. The normalized spacial score (nSPS) is 11.7. The van der Waals surface area contributed by atoms with Crippen LogP contribution < -0.4 is 15.4 Å². The summed E-state index contributed by atoms with van der Waals surface area (Å²) in [7, 11) is 1.51. The molecular weight excluding hydrogens is 236 g/mol. The summed E-state index contributed by atoms with van der Waals surface area (Å²) in [5, 5.41) is 13.9. The highest BCUT2D eigenvalue weighted by molar-refractivity contribution is 5.87. The van der Waals surface area contributed by atoms with E-state index in [1.165, 1.54) is 19.5 Å². The van der Waals surface area contributed by atoms with E-state index in [-0.39, 0.29) is 24.5 Å². The Morgan fingerprint density at radius 3 is 2.72 bits per heavy atom. The van der Waals surface area contributed by atoms with Crippen LogP contribution in [0, 0.1) is 5.92 Å². The monoisotopic (exact) mass is 254 g/mol. The molecule has 1 heterocycles. The van der Waals surface area contributed by atoms with Gasteiger partial charge < -0.3 is 15.2 Å². The van der Waals surface area contributed by atoms with Gasteiger partial charge >= 0.3 is 6.03 Å². The van der Waals surface area contributed by atoms with Gasteiger partial charge in [0, 0.05) is 13.2 Å². The van der Waals surface area contributed by atoms with Gasteiger partial charge in [-0.2, -0.15) is 0 Å². The van der Waals surface area contributed by atoms with Crippen LogP contribution in [0.2, 0.25) is 0 Å². The summed E-state index contributed by atoms with van der Waals surface area (Å²) in [5.74, 6) is 0.957. The Kier molecular flexibility index (Phi) is 5.86. The molecule has 7 heteroatoms. The maximum Gasteiger partial charge on any atom is 0.321 e. The molecule has 100 valence electrons. The van der Waals surface area contributed by atoms with Gasteiger partial charge in [-0.3, -0.25) is 5.32 Å². The number of hydrogen-bond acceptors (Lipinski definition) is 5. The molecule has 1 rings (SSSR count). The minimum absolute atomic E-state index is 0.117. The van der Waals surface area contributed by atoms with E-state index in [2.05, 4.69) is 20.6 Å². The number of aliphatic hydroxyl groups is 1.